The van der Waals surface area contributed by atoms with Crippen LogP contribution in [0.3, 0.4) is 0 Å². The predicted molar refractivity (Wildman–Crippen MR) is 137 cm³/mol. The summed E-state index contributed by atoms with van der Waals surface area (Å²) in [5.74, 6) is 1.67. The van der Waals surface area contributed by atoms with E-state index in [1.165, 1.54) is 11.3 Å². The van der Waals surface area contributed by atoms with E-state index in [2.05, 4.69) is 29.4 Å². The molecule has 9 nitrogen and oxygen atoms in total. The second-order valence-electron chi connectivity index (χ2n) is 11.4. The van der Waals surface area contributed by atoms with Gasteiger partial charge in [0.05, 0.1) is 6.54 Å². The number of rotatable bonds is 6. The van der Waals surface area contributed by atoms with Gasteiger partial charge in [0.15, 0.2) is 5.69 Å². The molecule has 2 heterocycles. The van der Waals surface area contributed by atoms with Crippen molar-refractivity contribution in [3.63, 3.8) is 0 Å². The molecule has 0 bridgehead atoms. The normalized spacial score (nSPS) is 14.9. The van der Waals surface area contributed by atoms with Gasteiger partial charge in [0, 0.05) is 23.9 Å². The Morgan fingerprint density at radius 3 is 2.50 bits per heavy atom. The summed E-state index contributed by atoms with van der Waals surface area (Å²) in [5.41, 5.74) is 5.69. The maximum Gasteiger partial charge on any atom is 0.407 e. The predicted octanol–water partition coefficient (Wildman–Crippen LogP) is 5.17. The second-order valence-corrected chi connectivity index (χ2v) is 11.4. The lowest BCUT2D eigenvalue weighted by Crippen LogP contribution is -2.34. The van der Waals surface area contributed by atoms with Crippen LogP contribution in [0, 0.1) is 19.3 Å². The third kappa shape index (κ3) is 5.71. The summed E-state index contributed by atoms with van der Waals surface area (Å²) in [6.45, 7) is 14.7. The number of ether oxygens (including phenoxy) is 2. The Balaban J connectivity index is 1.45. The van der Waals surface area contributed by atoms with E-state index in [0.29, 0.717) is 24.9 Å². The molecule has 1 aliphatic carbocycles. The van der Waals surface area contributed by atoms with Gasteiger partial charge in [0.1, 0.15) is 18.0 Å². The van der Waals surface area contributed by atoms with Crippen molar-refractivity contribution >= 4 is 6.09 Å². The molecule has 0 saturated heterocycles. The van der Waals surface area contributed by atoms with E-state index >= 15 is 0 Å². The fraction of sp³-hybridized carbons (Fsp3) is 0.556. The fourth-order valence-corrected chi connectivity index (χ4v) is 4.62. The molecule has 9 heteroatoms. The molecule has 194 valence electrons. The van der Waals surface area contributed by atoms with Crippen LogP contribution in [0.25, 0.3) is 23.0 Å². The van der Waals surface area contributed by atoms with Crippen LogP contribution in [0.4, 0.5) is 4.79 Å². The SMILES string of the molecule is Cc1cc(-c2nnc(-c3nn(C)c4c3CCC(C)(C)C4)o2)cc(C)c1OCCNC(=O)OC(C)(C)C. The third-order valence-corrected chi connectivity index (χ3v) is 6.32. The number of aromatic nitrogens is 4. The van der Waals surface area contributed by atoms with E-state index < -0.39 is 11.7 Å². The molecule has 2 aromatic heterocycles. The van der Waals surface area contributed by atoms with Crippen molar-refractivity contribution in [2.45, 2.75) is 73.3 Å². The number of nitrogens with zero attached hydrogens (tertiary/aromatic N) is 4. The number of fused-ring (bicyclic) bond motifs is 1. The lowest BCUT2D eigenvalue weighted by molar-refractivity contribution is 0.0520. The first-order valence-corrected chi connectivity index (χ1v) is 12.4. The van der Waals surface area contributed by atoms with Crippen molar-refractivity contribution in [2.24, 2.45) is 12.5 Å². The molecular weight excluding hydrogens is 458 g/mol. The molecule has 1 aliphatic rings. The molecule has 1 aromatic carbocycles. The zero-order valence-corrected chi connectivity index (χ0v) is 22.6. The van der Waals surface area contributed by atoms with Crippen molar-refractivity contribution in [2.75, 3.05) is 13.2 Å². The summed E-state index contributed by atoms with van der Waals surface area (Å²) in [4.78, 5) is 11.8. The smallest absolute Gasteiger partial charge is 0.407 e. The van der Waals surface area contributed by atoms with Crippen LogP contribution in [0.5, 0.6) is 5.75 Å². The van der Waals surface area contributed by atoms with Crippen LogP contribution in [0.1, 0.15) is 63.4 Å². The van der Waals surface area contributed by atoms with E-state index in [1.54, 1.807) is 0 Å². The maximum absolute atomic E-state index is 11.8. The first-order chi connectivity index (χ1) is 16.8. The minimum Gasteiger partial charge on any atom is -0.491 e. The molecule has 3 aromatic rings. The molecule has 36 heavy (non-hydrogen) atoms. The van der Waals surface area contributed by atoms with Gasteiger partial charge < -0.3 is 19.2 Å². The summed E-state index contributed by atoms with van der Waals surface area (Å²) in [7, 11) is 1.98. The molecule has 0 unspecified atom stereocenters. The van der Waals surface area contributed by atoms with Gasteiger partial charge in [-0.2, -0.15) is 5.10 Å². The highest BCUT2D eigenvalue weighted by Crippen LogP contribution is 2.39. The largest absolute Gasteiger partial charge is 0.491 e. The first-order valence-electron chi connectivity index (χ1n) is 12.4. The van der Waals surface area contributed by atoms with E-state index in [9.17, 15) is 4.79 Å². The Labute approximate surface area is 212 Å². The van der Waals surface area contributed by atoms with Crippen molar-refractivity contribution < 1.29 is 18.7 Å². The molecule has 4 rings (SSSR count). The van der Waals surface area contributed by atoms with Crippen LogP contribution in [-0.4, -0.2) is 44.8 Å². The third-order valence-electron chi connectivity index (χ3n) is 6.32. The number of carbonyl (C=O) groups is 1. The van der Waals surface area contributed by atoms with Gasteiger partial charge in [-0.05, 0) is 82.6 Å². The first kappa shape index (κ1) is 25.7. The number of amides is 1. The quantitative estimate of drug-likeness (QED) is 0.470. The van der Waals surface area contributed by atoms with E-state index in [0.717, 1.165) is 47.4 Å². The molecule has 1 N–H and O–H groups in total. The van der Waals surface area contributed by atoms with Crippen LogP contribution in [-0.2, 0) is 24.6 Å². The van der Waals surface area contributed by atoms with E-state index in [-0.39, 0.29) is 5.41 Å². The molecule has 0 radical (unpaired) electrons. The van der Waals surface area contributed by atoms with E-state index in [4.69, 9.17) is 19.0 Å². The highest BCUT2D eigenvalue weighted by molar-refractivity contribution is 5.67. The van der Waals surface area contributed by atoms with Crippen LogP contribution in [0.2, 0.25) is 0 Å². The van der Waals surface area contributed by atoms with Crippen molar-refractivity contribution in [1.82, 2.24) is 25.3 Å². The monoisotopic (exact) mass is 495 g/mol. The summed E-state index contributed by atoms with van der Waals surface area (Å²) in [5, 5.41) is 16.1. The van der Waals surface area contributed by atoms with Crippen LogP contribution in [0.15, 0.2) is 16.5 Å². The van der Waals surface area contributed by atoms with Crippen molar-refractivity contribution in [3.8, 4) is 28.8 Å². The number of alkyl carbamates (subject to hydrolysis) is 1. The summed E-state index contributed by atoms with van der Waals surface area (Å²) < 4.78 is 19.2. The summed E-state index contributed by atoms with van der Waals surface area (Å²) in [6, 6.07) is 3.94. The van der Waals surface area contributed by atoms with Crippen molar-refractivity contribution in [1.29, 1.82) is 0 Å². The number of carbonyl (C=O) groups excluding carboxylic acids is 1. The Morgan fingerprint density at radius 2 is 1.83 bits per heavy atom. The number of hydrogen-bond donors (Lipinski definition) is 1. The molecule has 0 aliphatic heterocycles. The van der Waals surface area contributed by atoms with Gasteiger partial charge in [-0.25, -0.2) is 4.79 Å². The molecule has 0 fully saturated rings. The van der Waals surface area contributed by atoms with Gasteiger partial charge in [-0.1, -0.05) is 13.8 Å². The van der Waals surface area contributed by atoms with Crippen LogP contribution >= 0.6 is 0 Å². The number of hydrogen-bond acceptors (Lipinski definition) is 7. The molecule has 0 spiro atoms. The Kier molecular flexibility index (Phi) is 6.86. The van der Waals surface area contributed by atoms with Crippen molar-refractivity contribution in [3.05, 3.63) is 34.5 Å². The molecule has 1 amide bonds. The highest BCUT2D eigenvalue weighted by Gasteiger charge is 2.32. The number of aryl methyl sites for hydroxylation is 3. The topological polar surface area (TPSA) is 104 Å². The van der Waals surface area contributed by atoms with Gasteiger partial charge in [-0.15, -0.1) is 10.2 Å². The zero-order valence-electron chi connectivity index (χ0n) is 22.6. The second kappa shape index (κ2) is 9.59. The van der Waals surface area contributed by atoms with Gasteiger partial charge >= 0.3 is 6.09 Å². The zero-order chi connectivity index (χ0) is 26.3. The lowest BCUT2D eigenvalue weighted by atomic mass is 9.76. The number of benzene rings is 1. The average molecular weight is 496 g/mol. The van der Waals surface area contributed by atoms with Crippen LogP contribution < -0.4 is 10.1 Å². The van der Waals surface area contributed by atoms with E-state index in [1.807, 2.05) is 58.5 Å². The molecule has 0 saturated carbocycles. The van der Waals surface area contributed by atoms with Gasteiger partial charge in [-0.3, -0.25) is 4.68 Å². The summed E-state index contributed by atoms with van der Waals surface area (Å²) >= 11 is 0. The minimum absolute atomic E-state index is 0.267. The maximum atomic E-state index is 11.8. The number of nitrogens with one attached hydrogen (secondary N) is 1. The Bertz CT molecular complexity index is 1240. The fourth-order valence-electron chi connectivity index (χ4n) is 4.62. The average Bonchev–Trinajstić information content (AvgIpc) is 3.35. The highest BCUT2D eigenvalue weighted by atomic mass is 16.6. The minimum atomic E-state index is -0.532. The molecule has 0 atom stereocenters. The van der Waals surface area contributed by atoms with Gasteiger partial charge in [0.2, 0.25) is 5.89 Å². The standard InChI is InChI=1S/C27H37N5O4/c1-16-13-18(14-17(2)22(16)34-12-11-28-25(33)36-26(3,4)5)23-29-30-24(35-23)21-19-9-10-27(6,7)15-20(19)32(8)31-21/h13-14H,9-12,15H2,1-8H3,(H,28,33). The Hall–Kier alpha value is -3.36. The lowest BCUT2D eigenvalue weighted by Gasteiger charge is -2.29. The van der Waals surface area contributed by atoms with Gasteiger partial charge in [0.25, 0.3) is 5.89 Å². The summed E-state index contributed by atoms with van der Waals surface area (Å²) in [6.07, 6.45) is 2.59. The molecular formula is C27H37N5O4. The Morgan fingerprint density at radius 1 is 1.17 bits per heavy atom.